The van der Waals surface area contributed by atoms with Crippen LogP contribution >= 0.6 is 0 Å². The van der Waals surface area contributed by atoms with Gasteiger partial charge in [-0.3, -0.25) is 19.3 Å². The van der Waals surface area contributed by atoms with Gasteiger partial charge in [0.2, 0.25) is 0 Å². The highest BCUT2D eigenvalue weighted by Gasteiger charge is 2.37. The number of carbonyl (C=O) groups excluding carboxylic acids is 3. The third kappa shape index (κ3) is 3.91. The maximum atomic E-state index is 13.7. The monoisotopic (exact) mass is 396 g/mol. The minimum Gasteiger partial charge on any atom is -0.376 e. The Hall–Kier alpha value is -3.06. The van der Waals surface area contributed by atoms with Crippen LogP contribution in [0.2, 0.25) is 0 Å². The number of nitrogens with one attached hydrogen (secondary N) is 1. The predicted octanol–water partition coefficient (Wildman–Crippen LogP) is 2.57. The van der Waals surface area contributed by atoms with Crippen LogP contribution in [0.5, 0.6) is 0 Å². The van der Waals surface area contributed by atoms with Crippen molar-refractivity contribution >= 4 is 17.7 Å². The molecule has 2 heterocycles. The highest BCUT2D eigenvalue weighted by molar-refractivity contribution is 6.22. The molecule has 4 rings (SSSR count). The molecule has 2 aromatic carbocycles. The van der Waals surface area contributed by atoms with E-state index in [0.29, 0.717) is 24.2 Å². The molecule has 7 heteroatoms. The Morgan fingerprint density at radius 3 is 2.69 bits per heavy atom. The molecule has 1 unspecified atom stereocenters. The second kappa shape index (κ2) is 8.13. The number of imide groups is 1. The maximum Gasteiger partial charge on any atom is 0.261 e. The number of halogens is 1. The van der Waals surface area contributed by atoms with E-state index in [-0.39, 0.29) is 48.0 Å². The summed E-state index contributed by atoms with van der Waals surface area (Å²) >= 11 is 0. The first-order chi connectivity index (χ1) is 14.0. The fourth-order valence-corrected chi connectivity index (χ4v) is 3.70. The van der Waals surface area contributed by atoms with Crippen molar-refractivity contribution in [2.24, 2.45) is 0 Å². The molecular formula is C22H21FN2O4. The molecule has 1 atom stereocenters. The van der Waals surface area contributed by atoms with Crippen LogP contribution < -0.4 is 5.32 Å². The molecular weight excluding hydrogens is 375 g/mol. The molecule has 0 spiro atoms. The van der Waals surface area contributed by atoms with Gasteiger partial charge >= 0.3 is 0 Å². The molecule has 2 aliphatic rings. The van der Waals surface area contributed by atoms with Gasteiger partial charge in [0.25, 0.3) is 17.7 Å². The van der Waals surface area contributed by atoms with Crippen molar-refractivity contribution in [2.75, 3.05) is 19.7 Å². The number of carbonyl (C=O) groups is 3. The summed E-state index contributed by atoms with van der Waals surface area (Å²) in [5.41, 5.74) is 1.34. The van der Waals surface area contributed by atoms with E-state index < -0.39 is 5.91 Å². The number of fused-ring (bicyclic) bond motifs is 1. The minimum absolute atomic E-state index is 0.127. The van der Waals surface area contributed by atoms with Gasteiger partial charge in [-0.1, -0.05) is 18.2 Å². The summed E-state index contributed by atoms with van der Waals surface area (Å²) < 4.78 is 19.2. The van der Waals surface area contributed by atoms with E-state index in [9.17, 15) is 18.8 Å². The van der Waals surface area contributed by atoms with E-state index >= 15 is 0 Å². The molecule has 0 aliphatic carbocycles. The largest absolute Gasteiger partial charge is 0.376 e. The van der Waals surface area contributed by atoms with Gasteiger partial charge in [-0.15, -0.1) is 0 Å². The molecule has 2 aliphatic heterocycles. The average molecular weight is 396 g/mol. The van der Waals surface area contributed by atoms with Crippen molar-refractivity contribution in [3.63, 3.8) is 0 Å². The van der Waals surface area contributed by atoms with Gasteiger partial charge in [-0.05, 0) is 49.1 Å². The lowest BCUT2D eigenvalue weighted by molar-refractivity contribution is 0.0475. The fraction of sp³-hybridized carbons (Fsp3) is 0.318. The van der Waals surface area contributed by atoms with E-state index in [0.717, 1.165) is 12.8 Å². The van der Waals surface area contributed by atoms with Crippen LogP contribution in [0, 0.1) is 5.82 Å². The maximum absolute atomic E-state index is 13.7. The summed E-state index contributed by atoms with van der Waals surface area (Å²) in [5.74, 6) is -1.44. The van der Waals surface area contributed by atoms with Crippen molar-refractivity contribution < 1.29 is 23.5 Å². The van der Waals surface area contributed by atoms with Crippen LogP contribution in [0.25, 0.3) is 0 Å². The zero-order chi connectivity index (χ0) is 20.4. The quantitative estimate of drug-likeness (QED) is 0.762. The van der Waals surface area contributed by atoms with Crippen molar-refractivity contribution in [1.82, 2.24) is 10.2 Å². The average Bonchev–Trinajstić information content (AvgIpc) is 3.32. The first-order valence-electron chi connectivity index (χ1n) is 9.68. The Labute approximate surface area is 167 Å². The van der Waals surface area contributed by atoms with Gasteiger partial charge in [-0.2, -0.15) is 0 Å². The molecule has 150 valence electrons. The lowest BCUT2D eigenvalue weighted by Gasteiger charge is -2.17. The number of ether oxygens (including phenoxy) is 1. The number of benzene rings is 2. The Balaban J connectivity index is 1.41. The van der Waals surface area contributed by atoms with E-state index in [1.54, 1.807) is 18.2 Å². The van der Waals surface area contributed by atoms with Crippen LogP contribution in [-0.4, -0.2) is 48.4 Å². The van der Waals surface area contributed by atoms with Crippen LogP contribution in [-0.2, 0) is 11.2 Å². The Morgan fingerprint density at radius 1 is 1.14 bits per heavy atom. The van der Waals surface area contributed by atoms with Gasteiger partial charge in [0.15, 0.2) is 0 Å². The van der Waals surface area contributed by atoms with Gasteiger partial charge in [0.05, 0.1) is 23.8 Å². The standard InChI is InChI=1S/C22H21FN2O4/c23-19-6-2-1-4-14(19)9-10-24-20(26)15-7-8-17-18(12-15)22(28)25(21(17)27)13-16-5-3-11-29-16/h1-2,4,6-8,12,16H,3,5,9-11,13H2,(H,24,26). The van der Waals surface area contributed by atoms with E-state index in [1.165, 1.54) is 29.2 Å². The van der Waals surface area contributed by atoms with Crippen molar-refractivity contribution in [3.8, 4) is 0 Å². The molecule has 2 aromatic rings. The molecule has 3 amide bonds. The second-order valence-corrected chi connectivity index (χ2v) is 7.21. The van der Waals surface area contributed by atoms with Gasteiger partial charge in [0, 0.05) is 18.7 Å². The van der Waals surface area contributed by atoms with Crippen molar-refractivity contribution in [2.45, 2.75) is 25.4 Å². The lowest BCUT2D eigenvalue weighted by atomic mass is 10.1. The second-order valence-electron chi connectivity index (χ2n) is 7.21. The van der Waals surface area contributed by atoms with Crippen LogP contribution in [0.1, 0.15) is 49.5 Å². The molecule has 0 aromatic heterocycles. The zero-order valence-corrected chi connectivity index (χ0v) is 15.8. The number of hydrogen-bond acceptors (Lipinski definition) is 4. The number of rotatable bonds is 6. The van der Waals surface area contributed by atoms with E-state index in [2.05, 4.69) is 5.32 Å². The molecule has 29 heavy (non-hydrogen) atoms. The minimum atomic E-state index is -0.401. The molecule has 0 saturated carbocycles. The van der Waals surface area contributed by atoms with Gasteiger partial charge in [-0.25, -0.2) is 4.39 Å². The zero-order valence-electron chi connectivity index (χ0n) is 15.8. The predicted molar refractivity (Wildman–Crippen MR) is 103 cm³/mol. The summed E-state index contributed by atoms with van der Waals surface area (Å²) in [5, 5.41) is 2.73. The fourth-order valence-electron chi connectivity index (χ4n) is 3.70. The van der Waals surface area contributed by atoms with Crippen LogP contribution in [0.4, 0.5) is 4.39 Å². The Morgan fingerprint density at radius 2 is 1.93 bits per heavy atom. The Kier molecular flexibility index (Phi) is 5.40. The molecule has 1 N–H and O–H groups in total. The number of amides is 3. The van der Waals surface area contributed by atoms with Crippen LogP contribution in [0.3, 0.4) is 0 Å². The van der Waals surface area contributed by atoms with Gasteiger partial charge in [0.1, 0.15) is 5.82 Å². The smallest absolute Gasteiger partial charge is 0.261 e. The molecule has 6 nitrogen and oxygen atoms in total. The first-order valence-corrected chi connectivity index (χ1v) is 9.68. The molecule has 0 radical (unpaired) electrons. The number of nitrogens with zero attached hydrogens (tertiary/aromatic N) is 1. The molecule has 0 bridgehead atoms. The van der Waals surface area contributed by atoms with E-state index in [1.807, 2.05) is 0 Å². The van der Waals surface area contributed by atoms with Crippen LogP contribution in [0.15, 0.2) is 42.5 Å². The topological polar surface area (TPSA) is 75.7 Å². The lowest BCUT2D eigenvalue weighted by Crippen LogP contribution is -2.36. The molecule has 1 saturated heterocycles. The third-order valence-electron chi connectivity index (χ3n) is 5.28. The summed E-state index contributed by atoms with van der Waals surface area (Å²) in [4.78, 5) is 38.9. The Bertz CT molecular complexity index is 969. The highest BCUT2D eigenvalue weighted by Crippen LogP contribution is 2.26. The van der Waals surface area contributed by atoms with Gasteiger partial charge < -0.3 is 10.1 Å². The summed E-state index contributed by atoms with van der Waals surface area (Å²) in [6.45, 7) is 1.14. The van der Waals surface area contributed by atoms with Crippen molar-refractivity contribution in [3.05, 3.63) is 70.5 Å². The summed E-state index contributed by atoms with van der Waals surface area (Å²) in [6.07, 6.45) is 1.97. The third-order valence-corrected chi connectivity index (χ3v) is 5.28. The SMILES string of the molecule is O=C(NCCc1ccccc1F)c1ccc2c(c1)C(=O)N(CC1CCCO1)C2=O. The molecule has 1 fully saturated rings. The highest BCUT2D eigenvalue weighted by atomic mass is 19.1. The van der Waals surface area contributed by atoms with Crippen molar-refractivity contribution in [1.29, 1.82) is 0 Å². The van der Waals surface area contributed by atoms with E-state index in [4.69, 9.17) is 4.74 Å². The summed E-state index contributed by atoms with van der Waals surface area (Å²) in [6, 6.07) is 10.9. The first kappa shape index (κ1) is 19.3. The normalized spacial score (nSPS) is 18.2. The summed E-state index contributed by atoms with van der Waals surface area (Å²) in [7, 11) is 0. The number of hydrogen-bond donors (Lipinski definition) is 1.